The highest BCUT2D eigenvalue weighted by Crippen LogP contribution is 2.35. The van der Waals surface area contributed by atoms with Gasteiger partial charge in [-0.3, -0.25) is 10.2 Å². The zero-order valence-electron chi connectivity index (χ0n) is 21.4. The Morgan fingerprint density at radius 2 is 1.88 bits per heavy atom. The molecule has 2 aromatic rings. The van der Waals surface area contributed by atoms with Crippen LogP contribution in [-0.4, -0.2) is 40.6 Å². The van der Waals surface area contributed by atoms with Gasteiger partial charge in [0.25, 0.3) is 5.56 Å². The summed E-state index contributed by atoms with van der Waals surface area (Å²) in [6.07, 6.45) is 9.88. The lowest BCUT2D eigenvalue weighted by atomic mass is 9.90. The number of aryl methyl sites for hydroxylation is 1. The molecule has 2 saturated heterocycles. The molecule has 3 N–H and O–H groups in total. The fraction of sp³-hybridized carbons (Fsp3) is 0.643. The van der Waals surface area contributed by atoms with Gasteiger partial charge in [-0.1, -0.05) is 25.8 Å². The standard InChI is InChI=1S/C28H43N5O/c1-4-5-6-16-32-25-13-8-14-26(33-20(2)10-7-11-21(33)3)24(25)18-23(27(32)34)17-22-12-9-15-31(19-22)28(29)30/h8,13-14,18,20-22H,4-7,9-12,15-17,19H2,1-3H3,(H3,29,30)/t20-,21+,22?. The van der Waals surface area contributed by atoms with Gasteiger partial charge in [0.15, 0.2) is 5.96 Å². The van der Waals surface area contributed by atoms with Crippen molar-refractivity contribution in [2.45, 2.75) is 97.2 Å². The number of rotatable bonds is 7. The fourth-order valence-electron chi connectivity index (χ4n) is 6.21. The number of hydrogen-bond acceptors (Lipinski definition) is 3. The molecule has 1 aromatic heterocycles. The topological polar surface area (TPSA) is 78.3 Å². The van der Waals surface area contributed by atoms with Crippen LogP contribution >= 0.6 is 0 Å². The smallest absolute Gasteiger partial charge is 0.254 e. The lowest BCUT2D eigenvalue weighted by molar-refractivity contribution is 0.253. The molecular weight excluding hydrogens is 422 g/mol. The van der Waals surface area contributed by atoms with Gasteiger partial charge in [0.2, 0.25) is 0 Å². The number of nitrogens with two attached hydrogens (primary N) is 1. The number of fused-ring (bicyclic) bond motifs is 1. The van der Waals surface area contributed by atoms with E-state index in [0.29, 0.717) is 18.0 Å². The van der Waals surface area contributed by atoms with Gasteiger partial charge in [-0.2, -0.15) is 0 Å². The first-order valence-electron chi connectivity index (χ1n) is 13.4. The Bertz CT molecular complexity index is 1050. The van der Waals surface area contributed by atoms with Gasteiger partial charge in [0.1, 0.15) is 0 Å². The summed E-state index contributed by atoms with van der Waals surface area (Å²) < 4.78 is 2.05. The third-order valence-electron chi connectivity index (χ3n) is 8.01. The molecule has 0 spiro atoms. The number of nitrogens with one attached hydrogen (secondary N) is 1. The molecule has 34 heavy (non-hydrogen) atoms. The van der Waals surface area contributed by atoms with E-state index in [9.17, 15) is 4.79 Å². The molecule has 0 bridgehead atoms. The minimum atomic E-state index is 0.149. The molecular formula is C28H43N5O. The first-order chi connectivity index (χ1) is 16.4. The van der Waals surface area contributed by atoms with Crippen LogP contribution < -0.4 is 16.2 Å². The summed E-state index contributed by atoms with van der Waals surface area (Å²) in [7, 11) is 0. The van der Waals surface area contributed by atoms with Crippen molar-refractivity contribution in [3.63, 3.8) is 0 Å². The van der Waals surface area contributed by atoms with Crippen LogP contribution in [0.1, 0.15) is 77.7 Å². The van der Waals surface area contributed by atoms with Crippen LogP contribution in [0.5, 0.6) is 0 Å². The average molecular weight is 466 g/mol. The van der Waals surface area contributed by atoms with Crippen LogP contribution in [0, 0.1) is 11.3 Å². The van der Waals surface area contributed by atoms with E-state index in [4.69, 9.17) is 11.1 Å². The lowest BCUT2D eigenvalue weighted by Gasteiger charge is -2.41. The van der Waals surface area contributed by atoms with Gasteiger partial charge in [-0.05, 0) is 82.9 Å². The number of aromatic nitrogens is 1. The van der Waals surface area contributed by atoms with Crippen LogP contribution in [0.3, 0.4) is 0 Å². The second kappa shape index (κ2) is 10.8. The Morgan fingerprint density at radius 3 is 2.59 bits per heavy atom. The maximum atomic E-state index is 13.8. The number of benzene rings is 1. The molecule has 2 fully saturated rings. The van der Waals surface area contributed by atoms with Crippen molar-refractivity contribution < 1.29 is 0 Å². The van der Waals surface area contributed by atoms with Gasteiger partial charge in [0.05, 0.1) is 5.52 Å². The molecule has 186 valence electrons. The second-order valence-corrected chi connectivity index (χ2v) is 10.6. The van der Waals surface area contributed by atoms with E-state index in [2.05, 4.69) is 54.5 Å². The number of nitrogens with zero attached hydrogens (tertiary/aromatic N) is 3. The fourth-order valence-corrected chi connectivity index (χ4v) is 6.21. The maximum Gasteiger partial charge on any atom is 0.254 e. The SMILES string of the molecule is CCCCCn1c(=O)c(CC2CCCN(C(=N)N)C2)cc2c(N3[C@H](C)CCC[C@@H]3C)cccc21. The lowest BCUT2D eigenvalue weighted by Crippen LogP contribution is -2.44. The molecule has 1 unspecified atom stereocenters. The summed E-state index contributed by atoms with van der Waals surface area (Å²) in [4.78, 5) is 18.3. The highest BCUT2D eigenvalue weighted by Gasteiger charge is 2.28. The maximum absolute atomic E-state index is 13.8. The van der Waals surface area contributed by atoms with E-state index in [1.54, 1.807) is 0 Å². The summed E-state index contributed by atoms with van der Waals surface area (Å²) in [6.45, 7) is 9.27. The number of pyridine rings is 1. The highest BCUT2D eigenvalue weighted by molar-refractivity contribution is 5.93. The molecule has 0 amide bonds. The molecule has 2 aliphatic heterocycles. The molecule has 3 atom stereocenters. The van der Waals surface area contributed by atoms with Crippen molar-refractivity contribution in [1.29, 1.82) is 5.41 Å². The van der Waals surface area contributed by atoms with Crippen LogP contribution in [0.4, 0.5) is 5.69 Å². The zero-order chi connectivity index (χ0) is 24.2. The van der Waals surface area contributed by atoms with Crippen molar-refractivity contribution in [2.75, 3.05) is 18.0 Å². The summed E-state index contributed by atoms with van der Waals surface area (Å²) >= 11 is 0. The van der Waals surface area contributed by atoms with E-state index in [1.807, 2.05) is 4.90 Å². The van der Waals surface area contributed by atoms with Crippen LogP contribution in [0.25, 0.3) is 10.9 Å². The number of piperidine rings is 2. The number of anilines is 1. The zero-order valence-corrected chi connectivity index (χ0v) is 21.4. The summed E-state index contributed by atoms with van der Waals surface area (Å²) in [5.41, 5.74) is 9.22. The van der Waals surface area contributed by atoms with E-state index in [-0.39, 0.29) is 11.5 Å². The molecule has 3 heterocycles. The largest absolute Gasteiger partial charge is 0.370 e. The number of unbranched alkanes of at least 4 members (excludes halogenated alkanes) is 2. The van der Waals surface area contributed by atoms with Crippen molar-refractivity contribution in [3.8, 4) is 0 Å². The Morgan fingerprint density at radius 1 is 1.12 bits per heavy atom. The van der Waals surface area contributed by atoms with Crippen molar-refractivity contribution in [1.82, 2.24) is 9.47 Å². The normalized spacial score (nSPS) is 23.4. The predicted octanol–water partition coefficient (Wildman–Crippen LogP) is 5.11. The van der Waals surface area contributed by atoms with Crippen LogP contribution in [-0.2, 0) is 13.0 Å². The van der Waals surface area contributed by atoms with Gasteiger partial charge in [-0.15, -0.1) is 0 Å². The second-order valence-electron chi connectivity index (χ2n) is 10.6. The van der Waals surface area contributed by atoms with Gasteiger partial charge >= 0.3 is 0 Å². The average Bonchev–Trinajstić information content (AvgIpc) is 2.81. The Kier molecular flexibility index (Phi) is 7.84. The van der Waals surface area contributed by atoms with E-state index in [1.165, 1.54) is 30.3 Å². The summed E-state index contributed by atoms with van der Waals surface area (Å²) in [5, 5.41) is 9.06. The third kappa shape index (κ3) is 5.11. The molecule has 1 aromatic carbocycles. The minimum Gasteiger partial charge on any atom is -0.370 e. The molecule has 0 radical (unpaired) electrons. The van der Waals surface area contributed by atoms with Crippen LogP contribution in [0.2, 0.25) is 0 Å². The Labute approximate surface area is 204 Å². The Hall–Kier alpha value is -2.50. The highest BCUT2D eigenvalue weighted by atomic mass is 16.1. The molecule has 6 heteroatoms. The van der Waals surface area contributed by atoms with Crippen molar-refractivity contribution in [2.24, 2.45) is 11.7 Å². The molecule has 2 aliphatic rings. The van der Waals surface area contributed by atoms with Gasteiger partial charge in [0, 0.05) is 48.4 Å². The predicted molar refractivity (Wildman–Crippen MR) is 143 cm³/mol. The van der Waals surface area contributed by atoms with E-state index >= 15 is 0 Å². The van der Waals surface area contributed by atoms with Crippen molar-refractivity contribution >= 4 is 22.5 Å². The number of hydrogen-bond donors (Lipinski definition) is 2. The molecule has 0 saturated carbocycles. The molecule has 6 nitrogen and oxygen atoms in total. The summed E-state index contributed by atoms with van der Waals surface area (Å²) in [6, 6.07) is 9.72. The van der Waals surface area contributed by atoms with Crippen LogP contribution in [0.15, 0.2) is 29.1 Å². The first kappa shape index (κ1) is 24.6. The van der Waals surface area contributed by atoms with Gasteiger partial charge in [-0.25, -0.2) is 0 Å². The number of likely N-dealkylation sites (tertiary alicyclic amines) is 1. The number of guanidine groups is 1. The Balaban J connectivity index is 1.78. The van der Waals surface area contributed by atoms with Gasteiger partial charge < -0.3 is 20.1 Å². The molecule has 0 aliphatic carbocycles. The monoisotopic (exact) mass is 465 g/mol. The minimum absolute atomic E-state index is 0.149. The first-order valence-corrected chi connectivity index (χ1v) is 13.4. The van der Waals surface area contributed by atoms with Crippen molar-refractivity contribution in [3.05, 3.63) is 40.2 Å². The summed E-state index contributed by atoms with van der Waals surface area (Å²) in [5.74, 6) is 0.502. The molecule has 4 rings (SSSR count). The third-order valence-corrected chi connectivity index (χ3v) is 8.01. The quantitative estimate of drug-likeness (QED) is 0.338. The van der Waals surface area contributed by atoms with E-state index in [0.717, 1.165) is 69.2 Å². The van der Waals surface area contributed by atoms with E-state index < -0.39 is 0 Å².